The number of fused-ring (bicyclic) bond motifs is 1. The fraction of sp³-hybridized carbons (Fsp3) is 0.167. The molecule has 3 aromatic carbocycles. The van der Waals surface area contributed by atoms with Crippen LogP contribution < -0.4 is 19.6 Å². The van der Waals surface area contributed by atoms with Crippen LogP contribution in [0.3, 0.4) is 0 Å². The fourth-order valence-corrected chi connectivity index (χ4v) is 5.94. The van der Waals surface area contributed by atoms with Crippen LogP contribution in [-0.4, -0.2) is 23.3 Å². The van der Waals surface area contributed by atoms with Gasteiger partial charge in [0, 0.05) is 15.1 Å². The number of allylic oxidation sites excluding steroid dienone is 1. The number of benzene rings is 3. The zero-order valence-electron chi connectivity index (χ0n) is 22.1. The molecule has 0 saturated carbocycles. The molecule has 5 rings (SSSR count). The molecule has 1 aliphatic rings. The zero-order chi connectivity index (χ0) is 30.9. The number of rotatable bonds is 7. The molecule has 222 valence electrons. The van der Waals surface area contributed by atoms with Crippen LogP contribution in [0.25, 0.3) is 6.08 Å². The first-order valence-corrected chi connectivity index (χ1v) is 14.7. The molecule has 1 atom stereocenters. The predicted molar refractivity (Wildman–Crippen MR) is 157 cm³/mol. The van der Waals surface area contributed by atoms with E-state index in [1.54, 1.807) is 30.3 Å². The largest absolute Gasteiger partial charge is 0.488 e. The Labute approximate surface area is 259 Å². The van der Waals surface area contributed by atoms with Crippen LogP contribution in [0.4, 0.5) is 17.6 Å². The van der Waals surface area contributed by atoms with Crippen LogP contribution in [-0.2, 0) is 16.1 Å². The molecule has 0 amide bonds. The molecular formula is C30H20BrClF4N2O4S. The molecule has 0 bridgehead atoms. The lowest BCUT2D eigenvalue weighted by atomic mass is 9.95. The summed E-state index contributed by atoms with van der Waals surface area (Å²) in [6, 6.07) is 15.1. The van der Waals surface area contributed by atoms with Gasteiger partial charge in [0.05, 0.1) is 22.8 Å². The molecule has 0 saturated heterocycles. The van der Waals surface area contributed by atoms with Gasteiger partial charge in [-0.25, -0.2) is 14.2 Å². The van der Waals surface area contributed by atoms with E-state index < -0.39 is 35.0 Å². The molecular weight excluding hydrogens is 676 g/mol. The van der Waals surface area contributed by atoms with E-state index in [4.69, 9.17) is 21.1 Å². The average molecular weight is 696 g/mol. The number of thiazole rings is 1. The Morgan fingerprint density at radius 3 is 2.47 bits per heavy atom. The monoisotopic (exact) mass is 694 g/mol. The maximum absolute atomic E-state index is 14.3. The molecule has 2 heterocycles. The average Bonchev–Trinajstić information content (AvgIpc) is 3.27. The van der Waals surface area contributed by atoms with Crippen LogP contribution in [0.5, 0.6) is 5.75 Å². The quantitative estimate of drug-likeness (QED) is 0.164. The first-order valence-electron chi connectivity index (χ1n) is 12.7. The second kappa shape index (κ2) is 12.5. The summed E-state index contributed by atoms with van der Waals surface area (Å²) in [5.41, 5.74) is -1.56. The number of halogens is 6. The van der Waals surface area contributed by atoms with E-state index in [0.29, 0.717) is 26.4 Å². The summed E-state index contributed by atoms with van der Waals surface area (Å²) in [4.78, 5) is 30.4. The Bertz CT molecular complexity index is 1900. The molecule has 0 radical (unpaired) electrons. The van der Waals surface area contributed by atoms with Crippen molar-refractivity contribution in [2.24, 2.45) is 4.99 Å². The molecule has 0 aliphatic carbocycles. The topological polar surface area (TPSA) is 69.9 Å². The minimum atomic E-state index is -5.02. The van der Waals surface area contributed by atoms with Crippen LogP contribution in [0, 0.1) is 5.82 Å². The van der Waals surface area contributed by atoms with E-state index in [0.717, 1.165) is 15.9 Å². The SMILES string of the molecule is CCOC(=O)C1=C(C(F)(F)F)N=c2s/c(=C\c3cc(Br)ccc3OCc3ccc(F)cc3)c(=O)n2[C@@H]1c1ccc(Cl)cc1. The smallest absolute Gasteiger partial charge is 0.434 e. The molecule has 4 aromatic rings. The molecule has 0 N–H and O–H groups in total. The van der Waals surface area contributed by atoms with Crippen molar-refractivity contribution in [3.05, 3.63) is 130 Å². The third-order valence-electron chi connectivity index (χ3n) is 6.35. The van der Waals surface area contributed by atoms with Crippen molar-refractivity contribution in [2.45, 2.75) is 25.7 Å². The second-order valence-electron chi connectivity index (χ2n) is 9.21. The molecule has 0 unspecified atom stereocenters. The van der Waals surface area contributed by atoms with Gasteiger partial charge >= 0.3 is 12.1 Å². The van der Waals surface area contributed by atoms with Crippen LogP contribution in [0.1, 0.15) is 29.7 Å². The molecule has 13 heteroatoms. The number of carbonyl (C=O) groups is 1. The number of carbonyl (C=O) groups excluding carboxylic acids is 1. The molecule has 0 spiro atoms. The van der Waals surface area contributed by atoms with E-state index in [1.807, 2.05) is 0 Å². The molecule has 1 aliphatic heterocycles. The number of esters is 1. The lowest BCUT2D eigenvalue weighted by Gasteiger charge is -2.26. The number of ether oxygens (including phenoxy) is 2. The van der Waals surface area contributed by atoms with Gasteiger partial charge in [0.2, 0.25) is 0 Å². The Balaban J connectivity index is 1.68. The Kier molecular flexibility index (Phi) is 8.91. The highest BCUT2D eigenvalue weighted by Crippen LogP contribution is 2.38. The van der Waals surface area contributed by atoms with Gasteiger partial charge in [-0.1, -0.05) is 63.1 Å². The highest BCUT2D eigenvalue weighted by atomic mass is 79.9. The molecule has 43 heavy (non-hydrogen) atoms. The van der Waals surface area contributed by atoms with Crippen molar-refractivity contribution in [3.8, 4) is 5.75 Å². The number of hydrogen-bond acceptors (Lipinski definition) is 6. The van der Waals surface area contributed by atoms with Crippen molar-refractivity contribution >= 4 is 50.9 Å². The molecule has 0 fully saturated rings. The van der Waals surface area contributed by atoms with Crippen LogP contribution >= 0.6 is 38.9 Å². The van der Waals surface area contributed by atoms with Crippen LogP contribution in [0.2, 0.25) is 5.02 Å². The fourth-order valence-electron chi connectivity index (χ4n) is 4.45. The first-order chi connectivity index (χ1) is 20.5. The summed E-state index contributed by atoms with van der Waals surface area (Å²) in [6.07, 6.45) is -3.54. The van der Waals surface area contributed by atoms with E-state index >= 15 is 0 Å². The summed E-state index contributed by atoms with van der Waals surface area (Å²) >= 11 is 10.2. The van der Waals surface area contributed by atoms with Gasteiger partial charge in [0.25, 0.3) is 5.56 Å². The van der Waals surface area contributed by atoms with Crippen molar-refractivity contribution in [3.63, 3.8) is 0 Å². The van der Waals surface area contributed by atoms with Gasteiger partial charge in [0.15, 0.2) is 10.5 Å². The maximum atomic E-state index is 14.3. The van der Waals surface area contributed by atoms with Crippen molar-refractivity contribution in [2.75, 3.05) is 6.61 Å². The number of aromatic nitrogens is 1. The van der Waals surface area contributed by atoms with Gasteiger partial charge in [-0.05, 0) is 66.6 Å². The minimum Gasteiger partial charge on any atom is -0.488 e. The zero-order valence-corrected chi connectivity index (χ0v) is 25.3. The predicted octanol–water partition coefficient (Wildman–Crippen LogP) is 6.47. The molecule has 6 nitrogen and oxygen atoms in total. The summed E-state index contributed by atoms with van der Waals surface area (Å²) in [5, 5.41) is 0.316. The summed E-state index contributed by atoms with van der Waals surface area (Å²) in [6.45, 7) is 1.37. The second-order valence-corrected chi connectivity index (χ2v) is 11.6. The molecule has 1 aromatic heterocycles. The Morgan fingerprint density at radius 2 is 1.81 bits per heavy atom. The third-order valence-corrected chi connectivity index (χ3v) is 8.07. The van der Waals surface area contributed by atoms with Gasteiger partial charge < -0.3 is 9.47 Å². The summed E-state index contributed by atoms with van der Waals surface area (Å²) < 4.78 is 69.0. The highest BCUT2D eigenvalue weighted by molar-refractivity contribution is 9.10. The van der Waals surface area contributed by atoms with Gasteiger partial charge in [-0.2, -0.15) is 13.2 Å². The summed E-state index contributed by atoms with van der Waals surface area (Å²) in [5.74, 6) is -1.26. The maximum Gasteiger partial charge on any atom is 0.434 e. The Morgan fingerprint density at radius 1 is 1.12 bits per heavy atom. The van der Waals surface area contributed by atoms with Gasteiger partial charge in [0.1, 0.15) is 18.2 Å². The van der Waals surface area contributed by atoms with Crippen molar-refractivity contribution in [1.82, 2.24) is 4.57 Å². The van der Waals surface area contributed by atoms with Crippen LogP contribution in [0.15, 0.2) is 92.3 Å². The first kappa shape index (κ1) is 30.7. The standard InChI is InChI=1S/C30H20BrClF4N2O4S/c1-2-41-28(40)24-25(17-5-8-20(32)9-6-17)38-27(39)23(43-29(38)37-26(24)30(34,35)36)14-18-13-19(31)7-12-22(18)42-15-16-3-10-21(33)11-4-16/h3-14,25H,2,15H2,1H3/b23-14-/t25-/m1/s1. The lowest BCUT2D eigenvalue weighted by molar-refractivity contribution is -0.140. The number of alkyl halides is 3. The number of nitrogens with zero attached hydrogens (tertiary/aromatic N) is 2. The van der Waals surface area contributed by atoms with Crippen molar-refractivity contribution in [1.29, 1.82) is 0 Å². The van der Waals surface area contributed by atoms with Crippen molar-refractivity contribution < 1.29 is 31.8 Å². The lowest BCUT2D eigenvalue weighted by Crippen LogP contribution is -2.41. The summed E-state index contributed by atoms with van der Waals surface area (Å²) in [7, 11) is 0. The van der Waals surface area contributed by atoms with Gasteiger partial charge in [-0.3, -0.25) is 9.36 Å². The third kappa shape index (κ3) is 6.61. The minimum absolute atomic E-state index is 0.0501. The van der Waals surface area contributed by atoms with E-state index in [2.05, 4.69) is 20.9 Å². The normalized spacial score (nSPS) is 15.2. The highest BCUT2D eigenvalue weighted by Gasteiger charge is 2.45. The number of hydrogen-bond donors (Lipinski definition) is 0. The van der Waals surface area contributed by atoms with Gasteiger partial charge in [-0.15, -0.1) is 0 Å². The van der Waals surface area contributed by atoms with E-state index in [9.17, 15) is 27.2 Å². The van der Waals surface area contributed by atoms with E-state index in [-0.39, 0.29) is 33.9 Å². The van der Waals surface area contributed by atoms with E-state index in [1.165, 1.54) is 49.4 Å². The Hall–Kier alpha value is -3.74.